The molecule has 104 valence electrons. The average molecular weight is 273 g/mol. The van der Waals surface area contributed by atoms with Gasteiger partial charge in [-0.2, -0.15) is 26.3 Å². The number of hydrogen-bond acceptors (Lipinski definition) is 0. The van der Waals surface area contributed by atoms with Crippen LogP contribution < -0.4 is 0 Å². The van der Waals surface area contributed by atoms with Crippen molar-refractivity contribution in [1.82, 2.24) is 4.57 Å². The van der Waals surface area contributed by atoms with Crippen LogP contribution >= 0.6 is 0 Å². The van der Waals surface area contributed by atoms with Gasteiger partial charge in [0.15, 0.2) is 0 Å². The lowest BCUT2D eigenvalue weighted by molar-refractivity contribution is -0.148. The van der Waals surface area contributed by atoms with Crippen LogP contribution in [0.15, 0.2) is 6.07 Å². The Balaban J connectivity index is 3.37. The maximum absolute atomic E-state index is 12.7. The van der Waals surface area contributed by atoms with E-state index in [1.807, 2.05) is 0 Å². The summed E-state index contributed by atoms with van der Waals surface area (Å²) < 4.78 is 76.8. The normalized spacial score (nSPS) is 14.9. The van der Waals surface area contributed by atoms with E-state index in [9.17, 15) is 26.3 Å². The molecule has 0 aliphatic rings. The fourth-order valence-corrected chi connectivity index (χ4v) is 1.92. The molecule has 1 heterocycles. The predicted octanol–water partition coefficient (Wildman–Crippen LogP) is 4.27. The number of rotatable bonds is 2. The van der Waals surface area contributed by atoms with Crippen LogP contribution in [0.3, 0.4) is 0 Å². The zero-order valence-corrected chi connectivity index (χ0v) is 10.1. The lowest BCUT2D eigenvalue weighted by Crippen LogP contribution is -2.20. The predicted molar refractivity (Wildman–Crippen MR) is 54.3 cm³/mol. The van der Waals surface area contributed by atoms with Gasteiger partial charge in [0.25, 0.3) is 0 Å². The van der Waals surface area contributed by atoms with Crippen molar-refractivity contribution in [3.63, 3.8) is 0 Å². The van der Waals surface area contributed by atoms with E-state index in [0.29, 0.717) is 6.07 Å². The van der Waals surface area contributed by atoms with Crippen LogP contribution in [-0.4, -0.2) is 10.7 Å². The van der Waals surface area contributed by atoms with Crippen LogP contribution in [0.4, 0.5) is 26.3 Å². The Labute approximate surface area is 100 Å². The third-order valence-corrected chi connectivity index (χ3v) is 2.97. The van der Waals surface area contributed by atoms with Gasteiger partial charge in [0, 0.05) is 18.4 Å². The first-order chi connectivity index (χ1) is 8.00. The molecule has 0 radical (unpaired) electrons. The largest absolute Gasteiger partial charge is 0.418 e. The first-order valence-electron chi connectivity index (χ1n) is 5.32. The Kier molecular flexibility index (Phi) is 3.74. The zero-order valence-electron chi connectivity index (χ0n) is 10.1. The summed E-state index contributed by atoms with van der Waals surface area (Å²) in [5.74, 6) is -1.93. The van der Waals surface area contributed by atoms with Gasteiger partial charge in [0.2, 0.25) is 0 Å². The monoisotopic (exact) mass is 273 g/mol. The third kappa shape index (κ3) is 2.64. The lowest BCUT2D eigenvalue weighted by Gasteiger charge is -2.17. The SMILES string of the molecule is CCc1c(C(F)(F)F)cc(C(C)C(F)(F)F)n1C. The standard InChI is InChI=1S/C11H13F6N/c1-4-8-7(11(15,16)17)5-9(18(8)3)6(2)10(12,13)14/h5-6H,4H2,1-3H3. The molecular formula is C11H13F6N. The molecule has 0 spiro atoms. The zero-order chi connectivity index (χ0) is 14.3. The van der Waals surface area contributed by atoms with Gasteiger partial charge in [-0.05, 0) is 19.4 Å². The van der Waals surface area contributed by atoms with E-state index in [1.165, 1.54) is 14.0 Å². The van der Waals surface area contributed by atoms with Crippen molar-refractivity contribution in [3.05, 3.63) is 23.0 Å². The molecule has 1 unspecified atom stereocenters. The van der Waals surface area contributed by atoms with Gasteiger partial charge in [-0.1, -0.05) is 6.92 Å². The van der Waals surface area contributed by atoms with Crippen LogP contribution in [0.5, 0.6) is 0 Å². The minimum Gasteiger partial charge on any atom is -0.350 e. The molecule has 0 saturated heterocycles. The topological polar surface area (TPSA) is 4.93 Å². The van der Waals surface area contributed by atoms with Gasteiger partial charge in [0.05, 0.1) is 11.5 Å². The van der Waals surface area contributed by atoms with Crippen molar-refractivity contribution in [1.29, 1.82) is 0 Å². The first kappa shape index (κ1) is 14.9. The highest BCUT2D eigenvalue weighted by Crippen LogP contribution is 2.40. The van der Waals surface area contributed by atoms with Gasteiger partial charge in [-0.15, -0.1) is 0 Å². The molecule has 0 fully saturated rings. The maximum atomic E-state index is 12.7. The van der Waals surface area contributed by atoms with Gasteiger partial charge < -0.3 is 4.57 Å². The summed E-state index contributed by atoms with van der Waals surface area (Å²) in [5, 5.41) is 0. The summed E-state index contributed by atoms with van der Waals surface area (Å²) in [6.45, 7) is 2.33. The van der Waals surface area contributed by atoms with Crippen LogP contribution in [0.1, 0.15) is 36.7 Å². The Morgan fingerprint density at radius 3 is 1.94 bits per heavy atom. The van der Waals surface area contributed by atoms with E-state index < -0.39 is 23.8 Å². The number of halogens is 6. The first-order valence-corrected chi connectivity index (χ1v) is 5.32. The second-order valence-electron chi connectivity index (χ2n) is 4.10. The Morgan fingerprint density at radius 2 is 1.67 bits per heavy atom. The van der Waals surface area contributed by atoms with Crippen molar-refractivity contribution in [3.8, 4) is 0 Å². The summed E-state index contributed by atoms with van der Waals surface area (Å²) in [6.07, 6.45) is -9.16. The highest BCUT2D eigenvalue weighted by molar-refractivity contribution is 5.32. The quantitative estimate of drug-likeness (QED) is 0.709. The summed E-state index contributed by atoms with van der Waals surface area (Å²) in [6, 6.07) is 0.594. The molecule has 1 atom stereocenters. The van der Waals surface area contributed by atoms with Gasteiger partial charge >= 0.3 is 12.4 Å². The van der Waals surface area contributed by atoms with Crippen molar-refractivity contribution in [2.75, 3.05) is 0 Å². The van der Waals surface area contributed by atoms with Crippen molar-refractivity contribution < 1.29 is 26.3 Å². The summed E-state index contributed by atoms with van der Waals surface area (Å²) >= 11 is 0. The fraction of sp³-hybridized carbons (Fsp3) is 0.636. The smallest absolute Gasteiger partial charge is 0.350 e. The number of hydrogen-bond donors (Lipinski definition) is 0. The highest BCUT2D eigenvalue weighted by atomic mass is 19.4. The van der Waals surface area contributed by atoms with E-state index in [0.717, 1.165) is 11.5 Å². The minimum absolute atomic E-state index is 0.0237. The molecule has 1 nitrogen and oxygen atoms in total. The molecule has 0 N–H and O–H groups in total. The molecule has 0 amide bonds. The lowest BCUT2D eigenvalue weighted by atomic mass is 10.1. The van der Waals surface area contributed by atoms with Crippen molar-refractivity contribution in [2.24, 2.45) is 7.05 Å². The van der Waals surface area contributed by atoms with Crippen LogP contribution in [0.2, 0.25) is 0 Å². The molecule has 0 aliphatic carbocycles. The number of aromatic nitrogens is 1. The second-order valence-corrected chi connectivity index (χ2v) is 4.10. The van der Waals surface area contributed by atoms with Crippen molar-refractivity contribution in [2.45, 2.75) is 38.5 Å². The molecule has 1 rings (SSSR count). The molecule has 0 aliphatic heterocycles. The third-order valence-electron chi connectivity index (χ3n) is 2.97. The maximum Gasteiger partial charge on any atom is 0.418 e. The van der Waals surface area contributed by atoms with Crippen LogP contribution in [-0.2, 0) is 19.6 Å². The number of alkyl halides is 6. The average Bonchev–Trinajstić information content (AvgIpc) is 2.52. The van der Waals surface area contributed by atoms with E-state index >= 15 is 0 Å². The highest BCUT2D eigenvalue weighted by Gasteiger charge is 2.42. The van der Waals surface area contributed by atoms with Gasteiger partial charge in [0.1, 0.15) is 0 Å². The molecule has 0 aromatic carbocycles. The Hall–Kier alpha value is -1.14. The second kappa shape index (κ2) is 4.51. The molecule has 0 saturated carbocycles. The Bertz CT molecular complexity index is 426. The van der Waals surface area contributed by atoms with E-state index in [2.05, 4.69) is 0 Å². The minimum atomic E-state index is -4.63. The molecule has 18 heavy (non-hydrogen) atoms. The number of nitrogens with zero attached hydrogens (tertiary/aromatic N) is 1. The molecular weight excluding hydrogens is 260 g/mol. The van der Waals surface area contributed by atoms with E-state index in [4.69, 9.17) is 0 Å². The fourth-order valence-electron chi connectivity index (χ4n) is 1.92. The summed E-state index contributed by atoms with van der Waals surface area (Å²) in [4.78, 5) is 0. The molecule has 0 bridgehead atoms. The summed E-state index contributed by atoms with van der Waals surface area (Å²) in [7, 11) is 1.23. The molecule has 1 aromatic rings. The van der Waals surface area contributed by atoms with E-state index in [1.54, 1.807) is 0 Å². The molecule has 7 heteroatoms. The van der Waals surface area contributed by atoms with Crippen LogP contribution in [0.25, 0.3) is 0 Å². The molecule has 1 aromatic heterocycles. The van der Waals surface area contributed by atoms with Gasteiger partial charge in [-0.3, -0.25) is 0 Å². The Morgan fingerprint density at radius 1 is 1.17 bits per heavy atom. The van der Waals surface area contributed by atoms with Crippen LogP contribution in [0, 0.1) is 0 Å². The summed E-state index contributed by atoms with van der Waals surface area (Å²) in [5.41, 5.74) is -1.49. The van der Waals surface area contributed by atoms with E-state index in [-0.39, 0.29) is 17.8 Å². The van der Waals surface area contributed by atoms with Crippen molar-refractivity contribution >= 4 is 0 Å². The van der Waals surface area contributed by atoms with Gasteiger partial charge in [-0.25, -0.2) is 0 Å².